The summed E-state index contributed by atoms with van der Waals surface area (Å²) in [6, 6.07) is 9.54. The fourth-order valence-corrected chi connectivity index (χ4v) is 3.08. The summed E-state index contributed by atoms with van der Waals surface area (Å²) in [6.07, 6.45) is 0.288. The maximum Gasteiger partial charge on any atom is 0.119 e. The van der Waals surface area contributed by atoms with E-state index in [9.17, 15) is 10.2 Å². The van der Waals surface area contributed by atoms with Crippen LogP contribution in [-0.4, -0.2) is 53.9 Å². The average molecular weight is 292 g/mol. The van der Waals surface area contributed by atoms with Crippen LogP contribution in [0.3, 0.4) is 0 Å². The molecule has 4 nitrogen and oxygen atoms in total. The molecule has 0 radical (unpaired) electrons. The summed E-state index contributed by atoms with van der Waals surface area (Å²) in [7, 11) is 0. The molecule has 2 atom stereocenters. The van der Waals surface area contributed by atoms with Gasteiger partial charge in [0.1, 0.15) is 5.60 Å². The second-order valence-electron chi connectivity index (χ2n) is 6.27. The van der Waals surface area contributed by atoms with E-state index in [1.807, 2.05) is 44.2 Å². The molecule has 1 aromatic rings. The van der Waals surface area contributed by atoms with Gasteiger partial charge in [-0.2, -0.15) is 0 Å². The van der Waals surface area contributed by atoms with Gasteiger partial charge in [-0.1, -0.05) is 44.2 Å². The zero-order chi connectivity index (χ0) is 15.3. The Bertz CT molecular complexity index is 416. The van der Waals surface area contributed by atoms with Crippen LogP contribution in [0.5, 0.6) is 0 Å². The molecular weight excluding hydrogens is 264 g/mol. The van der Waals surface area contributed by atoms with Crippen LogP contribution in [0.4, 0.5) is 0 Å². The summed E-state index contributed by atoms with van der Waals surface area (Å²) in [5.74, 6) is -0.0556. The lowest BCUT2D eigenvalue weighted by Gasteiger charge is -2.39. The fourth-order valence-electron chi connectivity index (χ4n) is 3.08. The van der Waals surface area contributed by atoms with Gasteiger partial charge >= 0.3 is 0 Å². The molecule has 118 valence electrons. The molecule has 2 rings (SSSR count). The minimum absolute atomic E-state index is 0.0556. The van der Waals surface area contributed by atoms with Crippen LogP contribution < -0.4 is 5.32 Å². The third kappa shape index (κ3) is 3.83. The van der Waals surface area contributed by atoms with Crippen LogP contribution in [0.25, 0.3) is 0 Å². The van der Waals surface area contributed by atoms with E-state index >= 15 is 0 Å². The molecule has 2 unspecified atom stereocenters. The molecule has 4 heteroatoms. The first-order valence-electron chi connectivity index (χ1n) is 7.94. The van der Waals surface area contributed by atoms with Crippen molar-refractivity contribution in [2.24, 2.45) is 5.92 Å². The average Bonchev–Trinajstić information content (AvgIpc) is 2.75. The number of nitrogens with zero attached hydrogens (tertiary/aromatic N) is 1. The molecule has 0 saturated carbocycles. The van der Waals surface area contributed by atoms with Crippen LogP contribution in [0, 0.1) is 5.92 Å². The van der Waals surface area contributed by atoms with Gasteiger partial charge in [0.05, 0.1) is 6.10 Å². The van der Waals surface area contributed by atoms with E-state index in [0.29, 0.717) is 6.54 Å². The number of hydrogen-bond acceptors (Lipinski definition) is 4. The number of benzene rings is 1. The molecule has 0 aromatic heterocycles. The highest BCUT2D eigenvalue weighted by atomic mass is 16.3. The number of hydrogen-bond donors (Lipinski definition) is 3. The first-order chi connectivity index (χ1) is 10.0. The lowest BCUT2D eigenvalue weighted by atomic mass is 9.78. The van der Waals surface area contributed by atoms with E-state index in [-0.39, 0.29) is 5.92 Å². The van der Waals surface area contributed by atoms with Gasteiger partial charge in [0.15, 0.2) is 0 Å². The van der Waals surface area contributed by atoms with Crippen molar-refractivity contribution >= 4 is 0 Å². The van der Waals surface area contributed by atoms with E-state index in [4.69, 9.17) is 0 Å². The molecule has 1 heterocycles. The van der Waals surface area contributed by atoms with Gasteiger partial charge in [-0.3, -0.25) is 4.90 Å². The largest absolute Gasteiger partial charge is 0.388 e. The highest BCUT2D eigenvalue weighted by Gasteiger charge is 2.41. The van der Waals surface area contributed by atoms with Crippen molar-refractivity contribution in [2.75, 3.05) is 32.7 Å². The van der Waals surface area contributed by atoms with Gasteiger partial charge in [-0.05, 0) is 31.0 Å². The highest BCUT2D eigenvalue weighted by Crippen LogP contribution is 2.33. The topological polar surface area (TPSA) is 55.7 Å². The van der Waals surface area contributed by atoms with Crippen molar-refractivity contribution in [2.45, 2.75) is 32.0 Å². The van der Waals surface area contributed by atoms with Crippen molar-refractivity contribution in [3.63, 3.8) is 0 Å². The van der Waals surface area contributed by atoms with Crippen molar-refractivity contribution in [1.29, 1.82) is 0 Å². The maximum atomic E-state index is 11.1. The Morgan fingerprint density at radius 1 is 1.19 bits per heavy atom. The van der Waals surface area contributed by atoms with Crippen LogP contribution in [0.1, 0.15) is 25.8 Å². The maximum absolute atomic E-state index is 11.1. The molecule has 3 N–H and O–H groups in total. The Morgan fingerprint density at radius 2 is 1.90 bits per heavy atom. The number of β-amino-alcohol motifs (C(OH)–C–C–N with tert-alkyl or cyclic N) is 1. The van der Waals surface area contributed by atoms with E-state index in [2.05, 4.69) is 10.2 Å². The monoisotopic (exact) mass is 292 g/mol. The zero-order valence-electron chi connectivity index (χ0n) is 13.1. The molecule has 0 aliphatic carbocycles. The summed E-state index contributed by atoms with van der Waals surface area (Å²) >= 11 is 0. The summed E-state index contributed by atoms with van der Waals surface area (Å²) in [6.45, 7) is 8.27. The summed E-state index contributed by atoms with van der Waals surface area (Å²) in [5, 5.41) is 25.2. The van der Waals surface area contributed by atoms with Gasteiger partial charge in [-0.25, -0.2) is 0 Å². The quantitative estimate of drug-likeness (QED) is 0.763. The Morgan fingerprint density at radius 3 is 2.57 bits per heavy atom. The van der Waals surface area contributed by atoms with Gasteiger partial charge < -0.3 is 15.5 Å². The Kier molecular flexibility index (Phi) is 5.76. The summed E-state index contributed by atoms with van der Waals surface area (Å²) < 4.78 is 0. The SMILES string of the molecule is CC(C)C(O)(c1ccccc1)C(O)CN1CCCNCC1. The standard InChI is InChI=1S/C17H28N2O2/c1-14(2)17(21,15-7-4-3-5-8-15)16(20)13-19-11-6-9-18-10-12-19/h3-5,7-8,14,16,18,20-21H,6,9-13H2,1-2H3. The van der Waals surface area contributed by atoms with E-state index in [0.717, 1.165) is 38.2 Å². The number of aliphatic hydroxyl groups excluding tert-OH is 1. The number of aliphatic hydroxyl groups is 2. The Balaban J connectivity index is 2.13. The van der Waals surface area contributed by atoms with Gasteiger partial charge in [0.25, 0.3) is 0 Å². The van der Waals surface area contributed by atoms with E-state index in [1.54, 1.807) is 0 Å². The smallest absolute Gasteiger partial charge is 0.119 e. The molecule has 0 amide bonds. The highest BCUT2D eigenvalue weighted by molar-refractivity contribution is 5.24. The predicted molar refractivity (Wildman–Crippen MR) is 85.1 cm³/mol. The number of nitrogens with one attached hydrogen (secondary N) is 1. The van der Waals surface area contributed by atoms with E-state index in [1.165, 1.54) is 0 Å². The minimum atomic E-state index is -1.21. The predicted octanol–water partition coefficient (Wildman–Crippen LogP) is 1.19. The molecule has 21 heavy (non-hydrogen) atoms. The van der Waals surface area contributed by atoms with Crippen molar-refractivity contribution < 1.29 is 10.2 Å². The molecule has 1 aliphatic rings. The molecular formula is C17H28N2O2. The minimum Gasteiger partial charge on any atom is -0.388 e. The molecule has 0 bridgehead atoms. The van der Waals surface area contributed by atoms with Crippen molar-refractivity contribution in [1.82, 2.24) is 10.2 Å². The van der Waals surface area contributed by atoms with Crippen LogP contribution >= 0.6 is 0 Å². The third-order valence-corrected chi connectivity index (χ3v) is 4.49. The molecule has 0 spiro atoms. The summed E-state index contributed by atoms with van der Waals surface area (Å²) in [4.78, 5) is 2.24. The van der Waals surface area contributed by atoms with Crippen LogP contribution in [0.15, 0.2) is 30.3 Å². The molecule has 1 saturated heterocycles. The van der Waals surface area contributed by atoms with Crippen LogP contribution in [-0.2, 0) is 5.60 Å². The molecule has 1 aromatic carbocycles. The van der Waals surface area contributed by atoms with Crippen molar-refractivity contribution in [3.8, 4) is 0 Å². The lowest BCUT2D eigenvalue weighted by molar-refractivity contribution is -0.121. The fraction of sp³-hybridized carbons (Fsp3) is 0.647. The van der Waals surface area contributed by atoms with Gasteiger partial charge in [-0.15, -0.1) is 0 Å². The van der Waals surface area contributed by atoms with Gasteiger partial charge in [0.2, 0.25) is 0 Å². The first kappa shape index (κ1) is 16.4. The van der Waals surface area contributed by atoms with Crippen molar-refractivity contribution in [3.05, 3.63) is 35.9 Å². The number of rotatable bonds is 5. The second-order valence-corrected chi connectivity index (χ2v) is 6.27. The second kappa shape index (κ2) is 7.36. The lowest BCUT2D eigenvalue weighted by Crippen LogP contribution is -2.50. The Hall–Kier alpha value is -0.940. The third-order valence-electron chi connectivity index (χ3n) is 4.49. The Labute approximate surface area is 127 Å². The first-order valence-corrected chi connectivity index (χ1v) is 7.94. The van der Waals surface area contributed by atoms with E-state index < -0.39 is 11.7 Å². The van der Waals surface area contributed by atoms with Gasteiger partial charge in [0, 0.05) is 19.6 Å². The molecule has 1 fully saturated rings. The van der Waals surface area contributed by atoms with Crippen LogP contribution in [0.2, 0.25) is 0 Å². The summed E-state index contributed by atoms with van der Waals surface area (Å²) in [5.41, 5.74) is -0.415. The normalized spacial score (nSPS) is 21.8. The zero-order valence-corrected chi connectivity index (χ0v) is 13.1. The molecule has 1 aliphatic heterocycles.